The van der Waals surface area contributed by atoms with E-state index in [2.05, 4.69) is 15.5 Å². The molecule has 0 saturated carbocycles. The van der Waals surface area contributed by atoms with Crippen LogP contribution in [0.1, 0.15) is 0 Å². The molecule has 3 heterocycles. The van der Waals surface area contributed by atoms with Crippen molar-refractivity contribution >= 4 is 28.0 Å². The number of nitrogens with zero attached hydrogens (tertiary/aromatic N) is 5. The van der Waals surface area contributed by atoms with Gasteiger partial charge in [0.15, 0.2) is 11.3 Å². The third-order valence-electron chi connectivity index (χ3n) is 4.85. The van der Waals surface area contributed by atoms with Crippen molar-refractivity contribution in [2.75, 3.05) is 14.2 Å². The van der Waals surface area contributed by atoms with Gasteiger partial charge in [-0.25, -0.2) is 4.79 Å². The zero-order valence-corrected chi connectivity index (χ0v) is 16.1. The largest absolute Gasteiger partial charge is 0.497 e. The van der Waals surface area contributed by atoms with E-state index in [9.17, 15) is 4.79 Å². The van der Waals surface area contributed by atoms with Gasteiger partial charge < -0.3 is 24.2 Å². The summed E-state index contributed by atoms with van der Waals surface area (Å²) < 4.78 is 20.1. The second-order valence-corrected chi connectivity index (χ2v) is 6.45. The molecule has 0 fully saturated rings. The minimum absolute atomic E-state index is 0.0474. The van der Waals surface area contributed by atoms with Crippen LogP contribution in [-0.4, -0.2) is 45.0 Å². The van der Waals surface area contributed by atoms with Crippen LogP contribution in [0, 0.1) is 0 Å². The summed E-state index contributed by atoms with van der Waals surface area (Å²) in [5, 5.41) is 11.9. The van der Waals surface area contributed by atoms with E-state index < -0.39 is 6.03 Å². The number of carbonyl (C=O) groups is 1. The van der Waals surface area contributed by atoms with Gasteiger partial charge in [0.2, 0.25) is 11.6 Å². The van der Waals surface area contributed by atoms with E-state index >= 15 is 0 Å². The van der Waals surface area contributed by atoms with Crippen molar-refractivity contribution in [3.05, 3.63) is 48.5 Å². The van der Waals surface area contributed by atoms with Gasteiger partial charge in [-0.2, -0.15) is 0 Å². The molecule has 0 atom stereocenters. The van der Waals surface area contributed by atoms with Crippen molar-refractivity contribution in [2.45, 2.75) is 0 Å². The number of hydrogen-bond donors (Lipinski definition) is 1. The average molecular weight is 404 g/mol. The fraction of sp³-hybridized carbons (Fsp3) is 0.100. The number of furan rings is 1. The Morgan fingerprint density at radius 1 is 1.10 bits per heavy atom. The number of primary amides is 1. The van der Waals surface area contributed by atoms with Crippen LogP contribution in [0.25, 0.3) is 39.3 Å². The average Bonchev–Trinajstić information content (AvgIpc) is 3.46. The zero-order chi connectivity index (χ0) is 20.8. The molecule has 0 spiro atoms. The lowest BCUT2D eigenvalue weighted by Crippen LogP contribution is -2.21. The van der Waals surface area contributed by atoms with Crippen LogP contribution in [0.15, 0.2) is 52.9 Å². The minimum atomic E-state index is -0.837. The molecule has 0 saturated heterocycles. The number of tetrazole rings is 1. The molecule has 10 nitrogen and oxygen atoms in total. The van der Waals surface area contributed by atoms with Gasteiger partial charge in [0, 0.05) is 11.1 Å². The molecule has 0 aliphatic heterocycles. The lowest BCUT2D eigenvalue weighted by Gasteiger charge is -2.09. The molecule has 5 aromatic rings. The molecular formula is C20H16N6O4. The highest BCUT2D eigenvalue weighted by atomic mass is 16.5. The molecule has 2 aromatic carbocycles. The number of methoxy groups -OCH3 is 2. The number of aromatic nitrogens is 5. The molecule has 0 aliphatic carbocycles. The highest BCUT2D eigenvalue weighted by Crippen LogP contribution is 2.45. The predicted octanol–water partition coefficient (Wildman–Crippen LogP) is 2.97. The predicted molar refractivity (Wildman–Crippen MR) is 108 cm³/mol. The Morgan fingerprint density at radius 2 is 1.90 bits per heavy atom. The third kappa shape index (κ3) is 2.43. The second kappa shape index (κ2) is 6.62. The van der Waals surface area contributed by atoms with Crippen LogP contribution in [0.3, 0.4) is 0 Å². The standard InChI is InChI=1S/C20H16N6O4/c1-28-12-8-9-14-13(10-12)16-15(25(14)11-6-4-3-5-7-11)17(29-2)18(30-16)19-22-23-24-26(19)20(21)27/h3-10H,1-2H3,(H2,21,27). The van der Waals surface area contributed by atoms with Gasteiger partial charge in [0.25, 0.3) is 0 Å². The van der Waals surface area contributed by atoms with Gasteiger partial charge in [0.05, 0.1) is 19.7 Å². The van der Waals surface area contributed by atoms with Crippen LogP contribution >= 0.6 is 0 Å². The first-order valence-electron chi connectivity index (χ1n) is 8.97. The number of hydrogen-bond acceptors (Lipinski definition) is 7. The molecule has 10 heteroatoms. The fourth-order valence-electron chi connectivity index (χ4n) is 3.59. The Labute approximate surface area is 169 Å². The van der Waals surface area contributed by atoms with Gasteiger partial charge in [-0.15, -0.1) is 9.78 Å². The first-order valence-corrected chi connectivity index (χ1v) is 8.97. The summed E-state index contributed by atoms with van der Waals surface area (Å²) in [6.45, 7) is 0. The van der Waals surface area contributed by atoms with Crippen molar-refractivity contribution < 1.29 is 18.7 Å². The Morgan fingerprint density at radius 3 is 2.60 bits per heavy atom. The Bertz CT molecular complexity index is 1400. The van der Waals surface area contributed by atoms with E-state index in [4.69, 9.17) is 19.6 Å². The summed E-state index contributed by atoms with van der Waals surface area (Å²) in [4.78, 5) is 11.7. The van der Waals surface area contributed by atoms with Crippen molar-refractivity contribution in [1.82, 2.24) is 24.8 Å². The van der Waals surface area contributed by atoms with E-state index in [1.807, 2.05) is 53.1 Å². The number of carbonyl (C=O) groups excluding carboxylic acids is 1. The van der Waals surface area contributed by atoms with Crippen LogP contribution in [0.2, 0.25) is 0 Å². The maximum atomic E-state index is 11.7. The van der Waals surface area contributed by atoms with Crippen molar-refractivity contribution in [3.63, 3.8) is 0 Å². The number of fused-ring (bicyclic) bond motifs is 3. The highest BCUT2D eigenvalue weighted by molar-refractivity contribution is 6.10. The van der Waals surface area contributed by atoms with E-state index in [-0.39, 0.29) is 11.6 Å². The van der Waals surface area contributed by atoms with Crippen molar-refractivity contribution in [1.29, 1.82) is 0 Å². The monoisotopic (exact) mass is 404 g/mol. The van der Waals surface area contributed by atoms with Gasteiger partial charge >= 0.3 is 6.03 Å². The smallest absolute Gasteiger partial charge is 0.343 e. The summed E-state index contributed by atoms with van der Waals surface area (Å²) >= 11 is 0. The molecular weight excluding hydrogens is 388 g/mol. The van der Waals surface area contributed by atoms with Crippen LogP contribution < -0.4 is 15.2 Å². The summed E-state index contributed by atoms with van der Waals surface area (Å²) in [6, 6.07) is 14.6. The summed E-state index contributed by atoms with van der Waals surface area (Å²) in [7, 11) is 3.11. The summed E-state index contributed by atoms with van der Waals surface area (Å²) in [5.74, 6) is 1.29. The molecule has 0 bridgehead atoms. The van der Waals surface area contributed by atoms with E-state index in [0.29, 0.717) is 22.6 Å². The summed E-state index contributed by atoms with van der Waals surface area (Å²) in [5.41, 5.74) is 8.40. The number of nitrogens with two attached hydrogens (primary N) is 1. The Balaban J connectivity index is 1.93. The number of rotatable bonds is 4. The molecule has 30 heavy (non-hydrogen) atoms. The van der Waals surface area contributed by atoms with Gasteiger partial charge in [-0.1, -0.05) is 18.2 Å². The van der Waals surface area contributed by atoms with Crippen LogP contribution in [-0.2, 0) is 0 Å². The zero-order valence-electron chi connectivity index (χ0n) is 16.1. The molecule has 2 N–H and O–H groups in total. The maximum absolute atomic E-state index is 11.7. The van der Waals surface area contributed by atoms with E-state index in [0.717, 1.165) is 21.3 Å². The topological polar surface area (TPSA) is 123 Å². The molecule has 5 rings (SSSR count). The normalized spacial score (nSPS) is 11.3. The van der Waals surface area contributed by atoms with Crippen LogP contribution in [0.4, 0.5) is 4.79 Å². The van der Waals surface area contributed by atoms with Gasteiger partial charge in [-0.05, 0) is 40.8 Å². The first-order chi connectivity index (χ1) is 14.6. The van der Waals surface area contributed by atoms with E-state index in [1.54, 1.807) is 7.11 Å². The fourth-order valence-corrected chi connectivity index (χ4v) is 3.59. The highest BCUT2D eigenvalue weighted by Gasteiger charge is 2.29. The second-order valence-electron chi connectivity index (χ2n) is 6.45. The summed E-state index contributed by atoms with van der Waals surface area (Å²) in [6.07, 6.45) is 0. The quantitative estimate of drug-likeness (QED) is 0.457. The number of ether oxygens (including phenoxy) is 2. The minimum Gasteiger partial charge on any atom is -0.497 e. The lowest BCUT2D eigenvalue weighted by molar-refractivity contribution is 0.247. The molecule has 0 unspecified atom stereocenters. The lowest BCUT2D eigenvalue weighted by atomic mass is 10.2. The maximum Gasteiger partial charge on any atom is 0.343 e. The van der Waals surface area contributed by atoms with Gasteiger partial charge in [-0.3, -0.25) is 0 Å². The molecule has 1 amide bonds. The molecule has 0 radical (unpaired) electrons. The molecule has 0 aliphatic rings. The number of benzene rings is 2. The SMILES string of the molecule is COc1ccc2c(c1)c1oc(-c3nnnn3C(N)=O)c(OC)c1n2-c1ccccc1. The van der Waals surface area contributed by atoms with Crippen molar-refractivity contribution in [2.24, 2.45) is 5.73 Å². The van der Waals surface area contributed by atoms with E-state index in [1.165, 1.54) is 7.11 Å². The Hall–Kier alpha value is -4.34. The van der Waals surface area contributed by atoms with Crippen molar-refractivity contribution in [3.8, 4) is 28.8 Å². The number of para-hydroxylation sites is 1. The van der Waals surface area contributed by atoms with Crippen LogP contribution in [0.5, 0.6) is 11.5 Å². The third-order valence-corrected chi connectivity index (χ3v) is 4.85. The molecule has 3 aromatic heterocycles. The van der Waals surface area contributed by atoms with Gasteiger partial charge in [0.1, 0.15) is 11.3 Å². The Kier molecular flexibility index (Phi) is 3.91. The first kappa shape index (κ1) is 17.7. The molecule has 150 valence electrons. The number of amides is 1.